The van der Waals surface area contributed by atoms with Crippen molar-refractivity contribution in [3.63, 3.8) is 0 Å². The van der Waals surface area contributed by atoms with Gasteiger partial charge in [0.25, 0.3) is 0 Å². The fourth-order valence-electron chi connectivity index (χ4n) is 2.22. The van der Waals surface area contributed by atoms with Crippen LogP contribution < -0.4 is 5.32 Å². The minimum absolute atomic E-state index is 0.260. The Balaban J connectivity index is 1.95. The van der Waals surface area contributed by atoms with Gasteiger partial charge in [-0.15, -0.1) is 0 Å². The Labute approximate surface area is 121 Å². The summed E-state index contributed by atoms with van der Waals surface area (Å²) in [5.74, 6) is -1.33. The summed E-state index contributed by atoms with van der Waals surface area (Å²) in [6, 6.07) is 6.99. The topological polar surface area (TPSA) is 75.6 Å². The van der Waals surface area contributed by atoms with E-state index in [0.29, 0.717) is 17.9 Å². The quantitative estimate of drug-likeness (QED) is 0.893. The molecule has 1 aromatic carbocycles. The molecule has 0 bridgehead atoms. The molecule has 3 atom stereocenters. The second kappa shape index (κ2) is 6.24. The van der Waals surface area contributed by atoms with Gasteiger partial charge < -0.3 is 15.2 Å². The van der Waals surface area contributed by atoms with Crippen molar-refractivity contribution in [1.82, 2.24) is 5.32 Å². The molecule has 5 nitrogen and oxygen atoms in total. The molecule has 108 valence electrons. The summed E-state index contributed by atoms with van der Waals surface area (Å²) in [4.78, 5) is 22.8. The van der Waals surface area contributed by atoms with Crippen LogP contribution in [0.2, 0.25) is 5.02 Å². The number of carboxylic acids is 1. The molecule has 1 aliphatic rings. The van der Waals surface area contributed by atoms with Gasteiger partial charge in [0.1, 0.15) is 6.10 Å². The molecule has 2 rings (SSSR count). The van der Waals surface area contributed by atoms with E-state index in [1.54, 1.807) is 6.07 Å². The van der Waals surface area contributed by atoms with Gasteiger partial charge in [-0.1, -0.05) is 29.8 Å². The van der Waals surface area contributed by atoms with E-state index in [1.807, 2.05) is 25.1 Å². The van der Waals surface area contributed by atoms with Crippen molar-refractivity contribution < 1.29 is 19.4 Å². The van der Waals surface area contributed by atoms with Crippen LogP contribution in [0.25, 0.3) is 0 Å². The molecule has 1 amide bonds. The van der Waals surface area contributed by atoms with Crippen molar-refractivity contribution >= 4 is 23.5 Å². The van der Waals surface area contributed by atoms with Crippen LogP contribution in [0.4, 0.5) is 0 Å². The fraction of sp³-hybridized carbons (Fsp3) is 0.429. The van der Waals surface area contributed by atoms with Gasteiger partial charge in [0.2, 0.25) is 5.91 Å². The lowest BCUT2D eigenvalue weighted by Crippen LogP contribution is -2.37. The Morgan fingerprint density at radius 3 is 2.60 bits per heavy atom. The van der Waals surface area contributed by atoms with Gasteiger partial charge in [0.15, 0.2) is 6.10 Å². The van der Waals surface area contributed by atoms with Gasteiger partial charge in [-0.2, -0.15) is 0 Å². The lowest BCUT2D eigenvalue weighted by Gasteiger charge is -2.18. The van der Waals surface area contributed by atoms with E-state index in [-0.39, 0.29) is 11.9 Å². The molecule has 1 fully saturated rings. The highest BCUT2D eigenvalue weighted by Gasteiger charge is 2.35. The van der Waals surface area contributed by atoms with Crippen molar-refractivity contribution in [1.29, 1.82) is 0 Å². The lowest BCUT2D eigenvalue weighted by atomic mass is 10.1. The zero-order chi connectivity index (χ0) is 14.7. The first kappa shape index (κ1) is 14.8. The van der Waals surface area contributed by atoms with E-state index in [2.05, 4.69) is 5.32 Å². The van der Waals surface area contributed by atoms with Gasteiger partial charge in [0.05, 0.1) is 6.04 Å². The number of hydrogen-bond acceptors (Lipinski definition) is 3. The molecule has 20 heavy (non-hydrogen) atoms. The number of rotatable bonds is 4. The molecular formula is C14H16ClNO4. The van der Waals surface area contributed by atoms with E-state index in [1.165, 1.54) is 0 Å². The number of ether oxygens (including phenoxy) is 1. The molecule has 1 aromatic rings. The highest BCUT2D eigenvalue weighted by molar-refractivity contribution is 6.31. The Kier molecular flexibility index (Phi) is 4.62. The number of aliphatic carboxylic acids is 1. The molecule has 1 saturated heterocycles. The Morgan fingerprint density at radius 1 is 1.35 bits per heavy atom. The standard InChI is InChI=1S/C14H16ClNO4/c1-8(9-4-2-3-5-10(9)15)16-13(17)11-6-7-12(20-11)14(18)19/h2-5,8,11-12H,6-7H2,1H3,(H,16,17)(H,18,19)/t8-,11+,12-/m1/s1. The molecule has 0 spiro atoms. The smallest absolute Gasteiger partial charge is 0.332 e. The number of amides is 1. The lowest BCUT2D eigenvalue weighted by molar-refractivity contribution is -0.151. The summed E-state index contributed by atoms with van der Waals surface area (Å²) in [5.41, 5.74) is 0.815. The largest absolute Gasteiger partial charge is 0.479 e. The van der Waals surface area contributed by atoms with Crippen LogP contribution in [0.15, 0.2) is 24.3 Å². The highest BCUT2D eigenvalue weighted by atomic mass is 35.5. The average molecular weight is 298 g/mol. The third kappa shape index (κ3) is 3.29. The highest BCUT2D eigenvalue weighted by Crippen LogP contribution is 2.24. The number of halogens is 1. The zero-order valence-corrected chi connectivity index (χ0v) is 11.8. The van der Waals surface area contributed by atoms with Gasteiger partial charge in [-0.05, 0) is 31.4 Å². The van der Waals surface area contributed by atoms with E-state index in [4.69, 9.17) is 21.4 Å². The van der Waals surface area contributed by atoms with Crippen molar-refractivity contribution in [2.45, 2.75) is 38.0 Å². The molecule has 6 heteroatoms. The normalized spacial score (nSPS) is 23.3. The van der Waals surface area contributed by atoms with E-state index >= 15 is 0 Å². The third-order valence-electron chi connectivity index (χ3n) is 3.32. The summed E-state index contributed by atoms with van der Waals surface area (Å²) >= 11 is 6.07. The summed E-state index contributed by atoms with van der Waals surface area (Å²) < 4.78 is 5.21. The maximum Gasteiger partial charge on any atom is 0.332 e. The van der Waals surface area contributed by atoms with Gasteiger partial charge in [-0.25, -0.2) is 4.79 Å². The Hall–Kier alpha value is -1.59. The van der Waals surface area contributed by atoms with Crippen LogP contribution in [0.5, 0.6) is 0 Å². The van der Waals surface area contributed by atoms with Gasteiger partial charge >= 0.3 is 5.97 Å². The van der Waals surface area contributed by atoms with E-state index in [0.717, 1.165) is 5.56 Å². The van der Waals surface area contributed by atoms with Crippen LogP contribution in [-0.2, 0) is 14.3 Å². The van der Waals surface area contributed by atoms with Crippen molar-refractivity contribution in [3.05, 3.63) is 34.9 Å². The number of hydrogen-bond donors (Lipinski definition) is 2. The first-order valence-corrected chi connectivity index (χ1v) is 6.80. The summed E-state index contributed by atoms with van der Waals surface area (Å²) in [7, 11) is 0. The maximum atomic E-state index is 12.0. The molecular weight excluding hydrogens is 282 g/mol. The number of carboxylic acid groups (broad SMARTS) is 1. The Bertz CT molecular complexity index is 520. The van der Waals surface area contributed by atoms with Gasteiger partial charge in [0, 0.05) is 5.02 Å². The van der Waals surface area contributed by atoms with Crippen LogP contribution in [0.3, 0.4) is 0 Å². The zero-order valence-electron chi connectivity index (χ0n) is 11.0. The minimum Gasteiger partial charge on any atom is -0.479 e. The third-order valence-corrected chi connectivity index (χ3v) is 3.66. The number of benzene rings is 1. The second-order valence-corrected chi connectivity index (χ2v) is 5.19. The number of nitrogens with one attached hydrogen (secondary N) is 1. The van der Waals surface area contributed by atoms with E-state index < -0.39 is 18.2 Å². The van der Waals surface area contributed by atoms with Crippen LogP contribution in [-0.4, -0.2) is 29.2 Å². The molecule has 2 N–H and O–H groups in total. The van der Waals surface area contributed by atoms with Crippen molar-refractivity contribution in [2.24, 2.45) is 0 Å². The summed E-state index contributed by atoms with van der Waals surface area (Å²) in [6.07, 6.45) is -0.825. The average Bonchev–Trinajstić information content (AvgIpc) is 2.88. The first-order chi connectivity index (χ1) is 9.49. The minimum atomic E-state index is -1.03. The molecule has 1 aliphatic heterocycles. The molecule has 0 aromatic heterocycles. The predicted octanol–water partition coefficient (Wildman–Crippen LogP) is 2.15. The molecule has 0 saturated carbocycles. The predicted molar refractivity (Wildman–Crippen MR) is 73.5 cm³/mol. The van der Waals surface area contributed by atoms with E-state index in [9.17, 15) is 9.59 Å². The molecule has 1 heterocycles. The second-order valence-electron chi connectivity index (χ2n) is 4.78. The van der Waals surface area contributed by atoms with Crippen molar-refractivity contribution in [3.8, 4) is 0 Å². The number of carbonyl (C=O) groups is 2. The molecule has 0 aliphatic carbocycles. The molecule has 0 unspecified atom stereocenters. The van der Waals surface area contributed by atoms with Crippen LogP contribution in [0.1, 0.15) is 31.4 Å². The summed E-state index contributed by atoms with van der Waals surface area (Å²) in [5, 5.41) is 12.2. The van der Waals surface area contributed by atoms with Crippen LogP contribution in [0, 0.1) is 0 Å². The first-order valence-electron chi connectivity index (χ1n) is 6.42. The van der Waals surface area contributed by atoms with Crippen molar-refractivity contribution in [2.75, 3.05) is 0 Å². The summed E-state index contributed by atoms with van der Waals surface area (Å²) in [6.45, 7) is 1.82. The number of carbonyl (C=O) groups excluding carboxylic acids is 1. The Morgan fingerprint density at radius 2 is 2.00 bits per heavy atom. The van der Waals surface area contributed by atoms with Crippen LogP contribution >= 0.6 is 11.6 Å². The molecule has 0 radical (unpaired) electrons. The monoisotopic (exact) mass is 297 g/mol. The SMILES string of the molecule is C[C@@H](NC(=O)[C@@H]1CC[C@H](C(=O)O)O1)c1ccccc1Cl. The maximum absolute atomic E-state index is 12.0. The van der Waals surface area contributed by atoms with Gasteiger partial charge in [-0.3, -0.25) is 4.79 Å². The fourth-order valence-corrected chi connectivity index (χ4v) is 2.52.